The third-order valence-electron chi connectivity index (χ3n) is 1.98. The Hall–Kier alpha value is -1.10. The number of unbranched alkanes of at least 4 members (excludes halogenated alkanes) is 2. The third kappa shape index (κ3) is 5.70. The second kappa shape index (κ2) is 7.22. The molecule has 0 spiro atoms. The highest BCUT2D eigenvalue weighted by molar-refractivity contribution is 9.10. The van der Waals surface area contributed by atoms with Crippen molar-refractivity contribution in [2.45, 2.75) is 25.7 Å². The molecule has 1 aromatic heterocycles. The molecule has 0 atom stereocenters. The number of aliphatic carboxylic acids is 1. The van der Waals surface area contributed by atoms with Crippen molar-refractivity contribution in [2.24, 2.45) is 0 Å². The van der Waals surface area contributed by atoms with Crippen molar-refractivity contribution in [3.63, 3.8) is 0 Å². The minimum absolute atomic E-state index is 0.235. The summed E-state index contributed by atoms with van der Waals surface area (Å²) in [5, 5.41) is 8.43. The Labute approximate surface area is 103 Å². The number of carboxylic acid groups (broad SMARTS) is 1. The Bertz CT molecular complexity index is 344. The maximum atomic E-state index is 10.2. The fourth-order valence-corrected chi connectivity index (χ4v) is 1.56. The van der Waals surface area contributed by atoms with E-state index in [-0.39, 0.29) is 6.42 Å². The van der Waals surface area contributed by atoms with E-state index in [2.05, 4.69) is 20.9 Å². The molecule has 0 aliphatic rings. The highest BCUT2D eigenvalue weighted by atomic mass is 79.9. The van der Waals surface area contributed by atoms with E-state index in [1.807, 2.05) is 6.07 Å². The van der Waals surface area contributed by atoms with Crippen molar-refractivity contribution in [3.8, 4) is 5.75 Å². The fraction of sp³-hybridized carbons (Fsp3) is 0.455. The molecule has 4 nitrogen and oxygen atoms in total. The molecule has 16 heavy (non-hydrogen) atoms. The molecule has 0 unspecified atom stereocenters. The molecular formula is C11H14BrNO3. The molecule has 0 aliphatic carbocycles. The van der Waals surface area contributed by atoms with Gasteiger partial charge in [0.05, 0.1) is 12.8 Å². The first-order chi connectivity index (χ1) is 7.68. The van der Waals surface area contributed by atoms with Crippen molar-refractivity contribution in [1.29, 1.82) is 0 Å². The fourth-order valence-electron chi connectivity index (χ4n) is 1.22. The summed E-state index contributed by atoms with van der Waals surface area (Å²) in [6.07, 6.45) is 6.02. The molecule has 5 heteroatoms. The maximum absolute atomic E-state index is 10.2. The smallest absolute Gasteiger partial charge is 0.303 e. The number of carboxylic acids is 1. The van der Waals surface area contributed by atoms with Crippen LogP contribution in [0.2, 0.25) is 0 Å². The lowest BCUT2D eigenvalue weighted by atomic mass is 10.2. The molecule has 88 valence electrons. The normalized spacial score (nSPS) is 10.1. The number of hydrogen-bond donors (Lipinski definition) is 1. The molecular weight excluding hydrogens is 274 g/mol. The molecule has 0 aliphatic heterocycles. The van der Waals surface area contributed by atoms with Crippen LogP contribution in [0.15, 0.2) is 22.9 Å². The minimum atomic E-state index is -0.739. The monoisotopic (exact) mass is 287 g/mol. The molecule has 0 radical (unpaired) electrons. The quantitative estimate of drug-likeness (QED) is 0.784. The van der Waals surface area contributed by atoms with E-state index in [9.17, 15) is 4.79 Å². The maximum Gasteiger partial charge on any atom is 0.303 e. The van der Waals surface area contributed by atoms with E-state index in [4.69, 9.17) is 9.84 Å². The lowest BCUT2D eigenvalue weighted by Gasteiger charge is -2.05. The molecule has 0 bridgehead atoms. The van der Waals surface area contributed by atoms with Gasteiger partial charge in [0.2, 0.25) is 0 Å². The number of hydrogen-bond acceptors (Lipinski definition) is 3. The summed E-state index contributed by atoms with van der Waals surface area (Å²) in [7, 11) is 0. The highest BCUT2D eigenvalue weighted by Gasteiger charge is 1.98. The van der Waals surface area contributed by atoms with Crippen molar-refractivity contribution >= 4 is 21.9 Å². The third-order valence-corrected chi connectivity index (χ3v) is 2.42. The van der Waals surface area contributed by atoms with E-state index in [0.717, 1.165) is 23.1 Å². The summed E-state index contributed by atoms with van der Waals surface area (Å²) in [6.45, 7) is 0.595. The average molecular weight is 288 g/mol. The van der Waals surface area contributed by atoms with Gasteiger partial charge in [0.15, 0.2) is 0 Å². The molecule has 1 rings (SSSR count). The summed E-state index contributed by atoms with van der Waals surface area (Å²) in [4.78, 5) is 14.2. The Kier molecular flexibility index (Phi) is 5.85. The van der Waals surface area contributed by atoms with E-state index >= 15 is 0 Å². The van der Waals surface area contributed by atoms with Crippen LogP contribution in [0.1, 0.15) is 25.7 Å². The van der Waals surface area contributed by atoms with Crippen LogP contribution < -0.4 is 4.74 Å². The SMILES string of the molecule is O=C(O)CCCCCOc1cncc(Br)c1. The van der Waals surface area contributed by atoms with Gasteiger partial charge in [0.1, 0.15) is 5.75 Å². The second-order valence-electron chi connectivity index (χ2n) is 3.39. The van der Waals surface area contributed by atoms with Crippen molar-refractivity contribution in [3.05, 3.63) is 22.9 Å². The number of aromatic nitrogens is 1. The zero-order valence-electron chi connectivity index (χ0n) is 8.86. The first kappa shape index (κ1) is 13.0. The van der Waals surface area contributed by atoms with Crippen molar-refractivity contribution < 1.29 is 14.6 Å². The van der Waals surface area contributed by atoms with Gasteiger partial charge in [-0.05, 0) is 41.3 Å². The van der Waals surface area contributed by atoms with Crippen LogP contribution in [-0.4, -0.2) is 22.7 Å². The highest BCUT2D eigenvalue weighted by Crippen LogP contribution is 2.16. The molecule has 0 saturated carbocycles. The lowest BCUT2D eigenvalue weighted by molar-refractivity contribution is -0.137. The zero-order valence-corrected chi connectivity index (χ0v) is 10.4. The van der Waals surface area contributed by atoms with Gasteiger partial charge in [0.25, 0.3) is 0 Å². The summed E-state index contributed by atoms with van der Waals surface area (Å²) in [6, 6.07) is 1.85. The van der Waals surface area contributed by atoms with Crippen LogP contribution in [0.3, 0.4) is 0 Å². The van der Waals surface area contributed by atoms with Gasteiger partial charge >= 0.3 is 5.97 Å². The largest absolute Gasteiger partial charge is 0.492 e. The van der Waals surface area contributed by atoms with Crippen molar-refractivity contribution in [2.75, 3.05) is 6.61 Å². The van der Waals surface area contributed by atoms with Crippen LogP contribution >= 0.6 is 15.9 Å². The average Bonchev–Trinajstić information content (AvgIpc) is 2.23. The van der Waals surface area contributed by atoms with Crippen LogP contribution in [0.4, 0.5) is 0 Å². The molecule has 0 aromatic carbocycles. The van der Waals surface area contributed by atoms with Crippen LogP contribution in [-0.2, 0) is 4.79 Å². The second-order valence-corrected chi connectivity index (χ2v) is 4.31. The van der Waals surface area contributed by atoms with E-state index in [1.165, 1.54) is 0 Å². The zero-order chi connectivity index (χ0) is 11.8. The van der Waals surface area contributed by atoms with Crippen LogP contribution in [0.5, 0.6) is 5.75 Å². The molecule has 1 heterocycles. The first-order valence-electron chi connectivity index (χ1n) is 5.13. The van der Waals surface area contributed by atoms with Crippen LogP contribution in [0, 0.1) is 0 Å². The Balaban J connectivity index is 2.09. The summed E-state index contributed by atoms with van der Waals surface area (Å²) >= 11 is 3.30. The number of halogens is 1. The molecule has 1 N–H and O–H groups in total. The van der Waals surface area contributed by atoms with E-state index in [1.54, 1.807) is 12.4 Å². The Morgan fingerprint density at radius 1 is 1.38 bits per heavy atom. The molecule has 0 saturated heterocycles. The minimum Gasteiger partial charge on any atom is -0.492 e. The number of carbonyl (C=O) groups is 1. The van der Waals surface area contributed by atoms with Gasteiger partial charge in [-0.2, -0.15) is 0 Å². The van der Waals surface area contributed by atoms with Crippen LogP contribution in [0.25, 0.3) is 0 Å². The topological polar surface area (TPSA) is 59.4 Å². The van der Waals surface area contributed by atoms with Crippen molar-refractivity contribution in [1.82, 2.24) is 4.98 Å². The van der Waals surface area contributed by atoms with Gasteiger partial charge in [-0.1, -0.05) is 0 Å². The number of nitrogens with zero attached hydrogens (tertiary/aromatic N) is 1. The van der Waals surface area contributed by atoms with E-state index < -0.39 is 5.97 Å². The summed E-state index contributed by atoms with van der Waals surface area (Å²) < 4.78 is 6.34. The lowest BCUT2D eigenvalue weighted by Crippen LogP contribution is -1.99. The molecule has 0 amide bonds. The first-order valence-corrected chi connectivity index (χ1v) is 5.93. The Morgan fingerprint density at radius 3 is 2.88 bits per heavy atom. The Morgan fingerprint density at radius 2 is 2.19 bits per heavy atom. The summed E-state index contributed by atoms with van der Waals surface area (Å²) in [5.74, 6) is -0.00952. The number of ether oxygens (including phenoxy) is 1. The standard InChI is InChI=1S/C11H14BrNO3/c12-9-6-10(8-13-7-9)16-5-3-1-2-4-11(14)15/h6-8H,1-5H2,(H,14,15). The van der Waals surface area contributed by atoms with E-state index in [0.29, 0.717) is 13.0 Å². The van der Waals surface area contributed by atoms with Gasteiger partial charge in [0, 0.05) is 17.1 Å². The predicted octanol–water partition coefficient (Wildman–Crippen LogP) is 2.87. The van der Waals surface area contributed by atoms with Gasteiger partial charge in [-0.3, -0.25) is 9.78 Å². The predicted molar refractivity (Wildman–Crippen MR) is 63.5 cm³/mol. The van der Waals surface area contributed by atoms with Gasteiger partial charge in [-0.25, -0.2) is 0 Å². The number of rotatable bonds is 7. The van der Waals surface area contributed by atoms with Gasteiger partial charge in [-0.15, -0.1) is 0 Å². The number of pyridine rings is 1. The molecule has 1 aromatic rings. The molecule has 0 fully saturated rings. The van der Waals surface area contributed by atoms with Gasteiger partial charge < -0.3 is 9.84 Å². The summed E-state index contributed by atoms with van der Waals surface area (Å²) in [5.41, 5.74) is 0.